The predicted molar refractivity (Wildman–Crippen MR) is 125 cm³/mol. The average Bonchev–Trinajstić information content (AvgIpc) is 2.84. The quantitative estimate of drug-likeness (QED) is 0.622. The minimum atomic E-state index is -0.537. The van der Waals surface area contributed by atoms with E-state index in [-0.39, 0.29) is 17.7 Å². The Labute approximate surface area is 197 Å². The van der Waals surface area contributed by atoms with Crippen molar-refractivity contribution < 1.29 is 14.3 Å². The lowest BCUT2D eigenvalue weighted by molar-refractivity contribution is 0.0240. The molecule has 1 aliphatic heterocycles. The van der Waals surface area contributed by atoms with Gasteiger partial charge in [-0.15, -0.1) is 0 Å². The first kappa shape index (κ1) is 23.0. The maximum absolute atomic E-state index is 13.0. The lowest BCUT2D eigenvalue weighted by Gasteiger charge is -2.37. The third-order valence-electron chi connectivity index (χ3n) is 5.03. The van der Waals surface area contributed by atoms with E-state index in [1.807, 2.05) is 26.8 Å². The van der Waals surface area contributed by atoms with Crippen molar-refractivity contribution in [3.05, 3.63) is 55.1 Å². The molecule has 4 rings (SSSR count). The molecule has 11 nitrogen and oxygen atoms in total. The van der Waals surface area contributed by atoms with Gasteiger partial charge in [0.15, 0.2) is 5.82 Å². The molecule has 0 atom stereocenters. The molecule has 0 aromatic carbocycles. The smallest absolute Gasteiger partial charge is 0.410 e. The van der Waals surface area contributed by atoms with Crippen molar-refractivity contribution in [2.24, 2.45) is 0 Å². The number of anilines is 2. The maximum atomic E-state index is 13.0. The standard InChI is InChI=1S/C23H26N8O3/c1-23(2,3)34-22(33)31-10-8-30(9-11-31)19-5-6-24-14-18(19)29-21(32)17-4-7-27-20(28-17)16-12-25-15-26-13-16/h4-7,12-15H,8-11H2,1-3H3,(H,29,32). The van der Waals surface area contributed by atoms with Crippen LogP contribution in [0.25, 0.3) is 11.4 Å². The molecular weight excluding hydrogens is 436 g/mol. The fourth-order valence-corrected chi connectivity index (χ4v) is 3.44. The molecule has 176 valence electrons. The molecular formula is C23H26N8O3. The van der Waals surface area contributed by atoms with Crippen LogP contribution in [0.3, 0.4) is 0 Å². The highest BCUT2D eigenvalue weighted by atomic mass is 16.6. The average molecular weight is 463 g/mol. The highest BCUT2D eigenvalue weighted by molar-refractivity contribution is 6.04. The van der Waals surface area contributed by atoms with Gasteiger partial charge in [0, 0.05) is 51.0 Å². The SMILES string of the molecule is CC(C)(C)OC(=O)N1CCN(c2ccncc2NC(=O)c2ccnc(-c3cncnc3)n2)CC1. The lowest BCUT2D eigenvalue weighted by Crippen LogP contribution is -2.50. The van der Waals surface area contributed by atoms with Gasteiger partial charge in [-0.05, 0) is 32.9 Å². The van der Waals surface area contributed by atoms with Gasteiger partial charge in [-0.2, -0.15) is 0 Å². The molecule has 3 aromatic heterocycles. The van der Waals surface area contributed by atoms with Gasteiger partial charge in [0.05, 0.1) is 23.1 Å². The Morgan fingerprint density at radius 3 is 2.41 bits per heavy atom. The normalized spacial score (nSPS) is 14.0. The van der Waals surface area contributed by atoms with Crippen LogP contribution in [0.5, 0.6) is 0 Å². The summed E-state index contributed by atoms with van der Waals surface area (Å²) in [5.41, 5.74) is 1.66. The number of carbonyl (C=O) groups is 2. The van der Waals surface area contributed by atoms with Gasteiger partial charge in [0.1, 0.15) is 17.6 Å². The molecule has 0 aliphatic carbocycles. The monoisotopic (exact) mass is 462 g/mol. The number of ether oxygens (including phenoxy) is 1. The molecule has 4 heterocycles. The summed E-state index contributed by atoms with van der Waals surface area (Å²) in [7, 11) is 0. The maximum Gasteiger partial charge on any atom is 0.410 e. The van der Waals surface area contributed by atoms with Gasteiger partial charge < -0.3 is 19.9 Å². The van der Waals surface area contributed by atoms with Crippen LogP contribution in [0.15, 0.2) is 49.4 Å². The number of nitrogens with one attached hydrogen (secondary N) is 1. The molecule has 0 saturated carbocycles. The molecule has 0 bridgehead atoms. The first-order chi connectivity index (χ1) is 16.3. The number of nitrogens with zero attached hydrogens (tertiary/aromatic N) is 7. The summed E-state index contributed by atoms with van der Waals surface area (Å²) < 4.78 is 5.47. The Kier molecular flexibility index (Phi) is 6.62. The highest BCUT2D eigenvalue weighted by Gasteiger charge is 2.27. The Bertz CT molecular complexity index is 1160. The summed E-state index contributed by atoms with van der Waals surface area (Å²) in [6.45, 7) is 7.76. The topological polar surface area (TPSA) is 126 Å². The predicted octanol–water partition coefficient (Wildman–Crippen LogP) is 2.64. The molecule has 0 radical (unpaired) electrons. The Morgan fingerprint density at radius 2 is 1.71 bits per heavy atom. The van der Waals surface area contributed by atoms with E-state index in [0.29, 0.717) is 43.3 Å². The van der Waals surface area contributed by atoms with Gasteiger partial charge >= 0.3 is 6.09 Å². The molecule has 0 spiro atoms. The van der Waals surface area contributed by atoms with Crippen LogP contribution < -0.4 is 10.2 Å². The van der Waals surface area contributed by atoms with Crippen molar-refractivity contribution in [2.75, 3.05) is 36.4 Å². The molecule has 1 saturated heterocycles. The molecule has 34 heavy (non-hydrogen) atoms. The number of piperazine rings is 1. The van der Waals surface area contributed by atoms with Crippen molar-refractivity contribution in [2.45, 2.75) is 26.4 Å². The van der Waals surface area contributed by atoms with E-state index in [1.54, 1.807) is 29.7 Å². The number of hydrogen-bond acceptors (Lipinski definition) is 9. The largest absolute Gasteiger partial charge is 0.444 e. The number of amides is 2. The molecule has 1 fully saturated rings. The van der Waals surface area contributed by atoms with Gasteiger partial charge in [-0.25, -0.2) is 24.7 Å². The summed E-state index contributed by atoms with van der Waals surface area (Å²) in [4.78, 5) is 49.7. The molecule has 1 N–H and O–H groups in total. The Balaban J connectivity index is 1.45. The fraction of sp³-hybridized carbons (Fsp3) is 0.348. The lowest BCUT2D eigenvalue weighted by atomic mass is 10.2. The van der Waals surface area contributed by atoms with E-state index >= 15 is 0 Å². The number of pyridine rings is 1. The van der Waals surface area contributed by atoms with Crippen molar-refractivity contribution in [3.63, 3.8) is 0 Å². The van der Waals surface area contributed by atoms with Crippen LogP contribution in [0, 0.1) is 0 Å². The number of rotatable bonds is 4. The molecule has 1 aliphatic rings. The first-order valence-corrected chi connectivity index (χ1v) is 10.9. The second-order valence-corrected chi connectivity index (χ2v) is 8.69. The fourth-order valence-electron chi connectivity index (χ4n) is 3.44. The van der Waals surface area contributed by atoms with Gasteiger partial charge in [-0.1, -0.05) is 0 Å². The third kappa shape index (κ3) is 5.61. The number of aromatic nitrogens is 5. The minimum absolute atomic E-state index is 0.207. The van der Waals surface area contributed by atoms with E-state index in [2.05, 4.69) is 35.1 Å². The van der Waals surface area contributed by atoms with Crippen LogP contribution in [-0.4, -0.2) is 73.6 Å². The summed E-state index contributed by atoms with van der Waals surface area (Å²) in [6, 6.07) is 3.38. The second kappa shape index (κ2) is 9.77. The zero-order valence-corrected chi connectivity index (χ0v) is 19.3. The summed E-state index contributed by atoms with van der Waals surface area (Å²) in [6.07, 6.45) is 9.05. The summed E-state index contributed by atoms with van der Waals surface area (Å²) in [5.74, 6) is -0.0277. The second-order valence-electron chi connectivity index (χ2n) is 8.69. The molecule has 11 heteroatoms. The first-order valence-electron chi connectivity index (χ1n) is 10.9. The van der Waals surface area contributed by atoms with Crippen molar-refractivity contribution in [1.82, 2.24) is 29.8 Å². The number of hydrogen-bond donors (Lipinski definition) is 1. The van der Waals surface area contributed by atoms with Crippen molar-refractivity contribution in [3.8, 4) is 11.4 Å². The van der Waals surface area contributed by atoms with Crippen molar-refractivity contribution in [1.29, 1.82) is 0 Å². The van der Waals surface area contributed by atoms with Crippen LogP contribution in [0.1, 0.15) is 31.3 Å². The third-order valence-corrected chi connectivity index (χ3v) is 5.03. The van der Waals surface area contributed by atoms with E-state index in [4.69, 9.17) is 4.74 Å². The summed E-state index contributed by atoms with van der Waals surface area (Å²) in [5, 5.41) is 2.90. The van der Waals surface area contributed by atoms with E-state index in [0.717, 1.165) is 5.69 Å². The van der Waals surface area contributed by atoms with E-state index in [1.165, 1.54) is 18.6 Å². The van der Waals surface area contributed by atoms with Crippen LogP contribution in [-0.2, 0) is 4.74 Å². The number of carbonyl (C=O) groups excluding carboxylic acids is 2. The van der Waals surface area contributed by atoms with E-state index in [9.17, 15) is 9.59 Å². The van der Waals surface area contributed by atoms with Gasteiger partial charge in [0.25, 0.3) is 5.91 Å². The Morgan fingerprint density at radius 1 is 0.971 bits per heavy atom. The Hall–Kier alpha value is -4.15. The van der Waals surface area contributed by atoms with Gasteiger partial charge in [0.2, 0.25) is 0 Å². The summed E-state index contributed by atoms with van der Waals surface area (Å²) >= 11 is 0. The minimum Gasteiger partial charge on any atom is -0.444 e. The van der Waals surface area contributed by atoms with E-state index < -0.39 is 5.60 Å². The zero-order valence-electron chi connectivity index (χ0n) is 19.3. The zero-order chi connectivity index (χ0) is 24.1. The molecule has 0 unspecified atom stereocenters. The van der Waals surface area contributed by atoms with Crippen LogP contribution in [0.2, 0.25) is 0 Å². The van der Waals surface area contributed by atoms with Crippen LogP contribution >= 0.6 is 0 Å². The molecule has 3 aromatic rings. The van der Waals surface area contributed by atoms with Gasteiger partial charge in [-0.3, -0.25) is 9.78 Å². The molecule has 2 amide bonds. The highest BCUT2D eigenvalue weighted by Crippen LogP contribution is 2.26. The van der Waals surface area contributed by atoms with Crippen molar-refractivity contribution >= 4 is 23.4 Å². The van der Waals surface area contributed by atoms with Crippen LogP contribution in [0.4, 0.5) is 16.2 Å².